The van der Waals surface area contributed by atoms with E-state index in [4.69, 9.17) is 27.9 Å². The maximum Gasteiger partial charge on any atom is 0.311 e. The molecule has 0 unspecified atom stereocenters. The van der Waals surface area contributed by atoms with E-state index >= 15 is 0 Å². The Labute approximate surface area is 400 Å². The highest BCUT2D eigenvalue weighted by Crippen LogP contribution is 2.60. The van der Waals surface area contributed by atoms with Gasteiger partial charge in [0.15, 0.2) is 0 Å². The average molecular weight is 962 g/mol. The van der Waals surface area contributed by atoms with Crippen molar-refractivity contribution in [2.75, 3.05) is 20.2 Å². The van der Waals surface area contributed by atoms with Crippen molar-refractivity contribution >= 4 is 47.0 Å². The van der Waals surface area contributed by atoms with E-state index < -0.39 is 11.4 Å². The van der Waals surface area contributed by atoms with Crippen LogP contribution in [0.3, 0.4) is 0 Å². The Morgan fingerprint density at radius 2 is 1.03 bits per heavy atom. The summed E-state index contributed by atoms with van der Waals surface area (Å²) in [6.07, 6.45) is 12.1. The zero-order valence-electron chi connectivity index (χ0n) is 38.7. The number of carbonyl (C=O) groups is 4. The van der Waals surface area contributed by atoms with Crippen LogP contribution in [0.2, 0.25) is 10.0 Å². The van der Waals surface area contributed by atoms with E-state index in [9.17, 15) is 33.1 Å². The Bertz CT molecular complexity index is 2580. The number of aryl methyl sites for hydroxylation is 2. The van der Waals surface area contributed by atoms with Gasteiger partial charge in [-0.2, -0.15) is 10.2 Å². The second-order valence-corrected chi connectivity index (χ2v) is 21.5. The van der Waals surface area contributed by atoms with Gasteiger partial charge in [0.1, 0.15) is 11.6 Å². The molecule has 67 heavy (non-hydrogen) atoms. The average Bonchev–Trinajstić information content (AvgIpc) is 3.81. The molecule has 2 aromatic carbocycles. The molecule has 6 fully saturated rings. The van der Waals surface area contributed by atoms with Gasteiger partial charge in [0.2, 0.25) is 11.8 Å². The van der Waals surface area contributed by atoms with Crippen molar-refractivity contribution in [2.24, 2.45) is 21.7 Å². The Morgan fingerprint density at radius 3 is 1.39 bits per heavy atom. The zero-order valence-corrected chi connectivity index (χ0v) is 40.2. The van der Waals surface area contributed by atoms with Gasteiger partial charge in [-0.15, -0.1) is 0 Å². The number of rotatable bonds is 10. The lowest BCUT2D eigenvalue weighted by molar-refractivity contribution is -0.164. The van der Waals surface area contributed by atoms with Crippen LogP contribution in [0.4, 0.5) is 8.78 Å². The molecule has 2 aromatic heterocycles. The highest BCUT2D eigenvalue weighted by atomic mass is 35.5. The predicted octanol–water partition coefficient (Wildman–Crippen LogP) is 9.55. The van der Waals surface area contributed by atoms with E-state index in [0.29, 0.717) is 92.5 Å². The molecule has 6 aliphatic carbocycles. The van der Waals surface area contributed by atoms with Gasteiger partial charge in [-0.1, -0.05) is 35.3 Å². The fraction of sp³-hybridized carbons (Fsp3) is 0.569. The fourth-order valence-corrected chi connectivity index (χ4v) is 12.7. The quantitative estimate of drug-likeness (QED) is 0.155. The van der Waals surface area contributed by atoms with Crippen LogP contribution in [-0.4, -0.2) is 78.4 Å². The van der Waals surface area contributed by atoms with Crippen LogP contribution in [0.1, 0.15) is 135 Å². The summed E-state index contributed by atoms with van der Waals surface area (Å²) in [5.74, 6) is -1.17. The summed E-state index contributed by atoms with van der Waals surface area (Å²) in [5, 5.41) is 19.7. The predicted molar refractivity (Wildman–Crippen MR) is 247 cm³/mol. The number of fused-ring (bicyclic) bond motifs is 8. The van der Waals surface area contributed by atoms with Gasteiger partial charge in [0, 0.05) is 47.1 Å². The first-order valence-electron chi connectivity index (χ1n) is 23.8. The highest BCUT2D eigenvalue weighted by Gasteiger charge is 2.55. The number of esters is 1. The number of benzene rings is 2. The third-order valence-electron chi connectivity index (χ3n) is 17.0. The number of aliphatic carboxylic acids is 1. The normalized spacial score (nSPS) is 26.1. The maximum absolute atomic E-state index is 14.4. The molecule has 4 heterocycles. The van der Waals surface area contributed by atoms with Crippen molar-refractivity contribution in [1.29, 1.82) is 0 Å². The summed E-state index contributed by atoms with van der Waals surface area (Å²) < 4.78 is 37.5. The first-order valence-corrected chi connectivity index (χ1v) is 24.6. The fourth-order valence-electron chi connectivity index (χ4n) is 12.4. The van der Waals surface area contributed by atoms with Gasteiger partial charge in [0.05, 0.1) is 66.9 Å². The first-order chi connectivity index (χ1) is 31.9. The maximum atomic E-state index is 14.4. The number of amides is 2. The number of halogens is 4. The van der Waals surface area contributed by atoms with Gasteiger partial charge >= 0.3 is 11.9 Å². The molecule has 358 valence electrons. The molecule has 0 atom stereocenters. The molecule has 12 rings (SSSR count). The molecule has 16 heteroatoms. The van der Waals surface area contributed by atoms with E-state index in [0.717, 1.165) is 105 Å². The smallest absolute Gasteiger partial charge is 0.311 e. The van der Waals surface area contributed by atoms with E-state index in [1.54, 1.807) is 24.3 Å². The van der Waals surface area contributed by atoms with Crippen molar-refractivity contribution in [1.82, 2.24) is 29.4 Å². The standard InChI is InChI=1S/C26H31ClFN3O3.C25H29ClFN3O3/c1-17-20-5-12-30(16-22(20)31(29-17)15-18-3-4-19(27)13-21(18)28)23(32)14-25-6-9-26(10-7-25,11-8-25)24(33)34-2;1-16-19-4-11-29(15-21(19)30(28-16)14-17-2-3-18(26)12-20(17)27)22(31)13-24-5-8-25(9-6-24,10-7-24)23(32)33/h3-4,13H,5-12,14-16H2,1-2H3;2-3,12H,4-11,13-15H2,1H3,(H,32,33). The van der Waals surface area contributed by atoms with Crippen LogP contribution >= 0.6 is 23.2 Å². The Balaban J connectivity index is 0.000000168. The highest BCUT2D eigenvalue weighted by molar-refractivity contribution is 6.30. The minimum Gasteiger partial charge on any atom is -0.481 e. The zero-order chi connectivity index (χ0) is 47.5. The van der Waals surface area contributed by atoms with E-state index in [-0.39, 0.29) is 45.7 Å². The van der Waals surface area contributed by atoms with Crippen molar-refractivity contribution < 1.29 is 37.8 Å². The van der Waals surface area contributed by atoms with Crippen LogP contribution < -0.4 is 0 Å². The summed E-state index contributed by atoms with van der Waals surface area (Å²) >= 11 is 11.8. The number of carboxylic acids is 1. The molecule has 4 aromatic rings. The summed E-state index contributed by atoms with van der Waals surface area (Å²) in [6, 6.07) is 9.34. The van der Waals surface area contributed by atoms with Crippen LogP contribution in [0.25, 0.3) is 0 Å². The van der Waals surface area contributed by atoms with E-state index in [2.05, 4.69) is 10.2 Å². The van der Waals surface area contributed by atoms with Crippen molar-refractivity contribution in [2.45, 2.75) is 143 Å². The van der Waals surface area contributed by atoms with Gasteiger partial charge in [-0.05, 0) is 150 Å². The minimum absolute atomic E-state index is 0.00424. The number of methoxy groups -OCH3 is 1. The number of ether oxygens (including phenoxy) is 1. The third-order valence-corrected chi connectivity index (χ3v) is 17.5. The number of hydrogen-bond donors (Lipinski definition) is 1. The lowest BCUT2D eigenvalue weighted by atomic mass is 9.52. The molecule has 2 amide bonds. The molecular formula is C51H60Cl2F2N6O6. The number of carboxylic acid groups (broad SMARTS) is 1. The summed E-state index contributed by atoms with van der Waals surface area (Å²) in [6.45, 7) is 6.83. The number of aromatic nitrogens is 4. The lowest BCUT2D eigenvalue weighted by Gasteiger charge is -2.52. The van der Waals surface area contributed by atoms with Gasteiger partial charge in [-0.3, -0.25) is 28.5 Å². The molecule has 0 saturated heterocycles. The third kappa shape index (κ3) is 9.13. The molecule has 1 N–H and O–H groups in total. The van der Waals surface area contributed by atoms with Gasteiger partial charge in [-0.25, -0.2) is 8.78 Å². The van der Waals surface area contributed by atoms with Gasteiger partial charge < -0.3 is 19.6 Å². The van der Waals surface area contributed by atoms with Crippen molar-refractivity contribution in [3.63, 3.8) is 0 Å². The molecule has 2 aliphatic heterocycles. The summed E-state index contributed by atoms with van der Waals surface area (Å²) in [7, 11) is 1.47. The lowest BCUT2D eigenvalue weighted by Crippen LogP contribution is -2.48. The number of hydrogen-bond acceptors (Lipinski definition) is 7. The molecule has 12 nitrogen and oxygen atoms in total. The Morgan fingerprint density at radius 1 is 0.642 bits per heavy atom. The topological polar surface area (TPSA) is 140 Å². The molecule has 4 bridgehead atoms. The van der Waals surface area contributed by atoms with Crippen molar-refractivity contribution in [3.05, 3.63) is 103 Å². The second kappa shape index (κ2) is 18.3. The number of carbonyl (C=O) groups excluding carboxylic acids is 3. The molecular weight excluding hydrogens is 901 g/mol. The van der Waals surface area contributed by atoms with Crippen LogP contribution in [0.15, 0.2) is 36.4 Å². The molecule has 8 aliphatic rings. The first kappa shape index (κ1) is 47.3. The number of nitrogens with zero attached hydrogens (tertiary/aromatic N) is 6. The van der Waals surface area contributed by atoms with Crippen LogP contribution in [0, 0.1) is 47.1 Å². The second-order valence-electron chi connectivity index (χ2n) is 20.6. The largest absolute Gasteiger partial charge is 0.481 e. The van der Waals surface area contributed by atoms with Crippen LogP contribution in [-0.2, 0) is 62.9 Å². The van der Waals surface area contributed by atoms with E-state index in [1.165, 1.54) is 19.2 Å². The summed E-state index contributed by atoms with van der Waals surface area (Å²) in [4.78, 5) is 54.6. The summed E-state index contributed by atoms with van der Waals surface area (Å²) in [5.41, 5.74) is 6.21. The van der Waals surface area contributed by atoms with Crippen molar-refractivity contribution in [3.8, 4) is 0 Å². The van der Waals surface area contributed by atoms with E-state index in [1.807, 2.05) is 33.0 Å². The molecule has 0 spiro atoms. The monoisotopic (exact) mass is 960 g/mol. The van der Waals surface area contributed by atoms with Crippen LogP contribution in [0.5, 0.6) is 0 Å². The Kier molecular flexibility index (Phi) is 12.9. The van der Waals surface area contributed by atoms with Gasteiger partial charge in [0.25, 0.3) is 0 Å². The SMILES string of the molecule is COC(=O)C12CCC(CC(=O)N3CCc4c(C)nn(Cc5ccc(Cl)cc5F)c4C3)(CC1)CC2.Cc1nn(Cc2ccc(Cl)cc2F)c2c1CCN(C(=O)CC13CCC(C(=O)O)(CC1)CC3)C2. The molecule has 6 saturated carbocycles. The Hall–Kier alpha value is -4.82. The molecule has 0 radical (unpaired) electrons. The minimum atomic E-state index is -0.675.